The average molecular weight is 276 g/mol. The molecule has 0 aliphatic carbocycles. The predicted molar refractivity (Wildman–Crippen MR) is 67.9 cm³/mol. The molecule has 0 spiro atoms. The Balaban J connectivity index is 2.90. The van der Waals surface area contributed by atoms with Crippen LogP contribution in [0.1, 0.15) is 26.5 Å². The minimum atomic E-state index is -4.26. The van der Waals surface area contributed by atoms with Crippen LogP contribution in [0.5, 0.6) is 0 Å². The topological polar surface area (TPSA) is 41.1 Å². The van der Waals surface area contributed by atoms with Crippen molar-refractivity contribution in [2.75, 3.05) is 18.0 Å². The third-order valence-electron chi connectivity index (χ3n) is 2.50. The Bertz CT molecular complexity index is 393. The summed E-state index contributed by atoms with van der Waals surface area (Å²) in [5.74, 6) is 0.253. The van der Waals surface area contributed by atoms with E-state index in [0.29, 0.717) is 12.2 Å². The summed E-state index contributed by atoms with van der Waals surface area (Å²) in [5.41, 5.74) is 0.632. The average Bonchev–Trinajstić information content (AvgIpc) is 2.32. The Morgan fingerprint density at radius 3 is 2.53 bits per heavy atom. The van der Waals surface area contributed by atoms with Gasteiger partial charge in [0.1, 0.15) is 12.4 Å². The fourth-order valence-electron chi connectivity index (χ4n) is 1.59. The molecule has 7 heteroatoms. The molecule has 1 aromatic rings. The fourth-order valence-corrected chi connectivity index (χ4v) is 1.59. The second kappa shape index (κ2) is 6.70. The summed E-state index contributed by atoms with van der Waals surface area (Å²) < 4.78 is 37.7. The zero-order chi connectivity index (χ0) is 14.5. The lowest BCUT2D eigenvalue weighted by molar-refractivity contribution is -0.120. The maximum atomic E-state index is 12.6. The van der Waals surface area contributed by atoms with Crippen molar-refractivity contribution in [3.63, 3.8) is 0 Å². The Labute approximate surface area is 111 Å². The lowest BCUT2D eigenvalue weighted by Crippen LogP contribution is -2.39. The first kappa shape index (κ1) is 15.7. The number of hydrogen-bond donors (Lipinski definition) is 1. The molecule has 0 aliphatic heterocycles. The highest BCUT2D eigenvalue weighted by atomic mass is 19.4. The first-order chi connectivity index (χ1) is 8.83. The van der Waals surface area contributed by atoms with Gasteiger partial charge in [0, 0.05) is 18.8 Å². The van der Waals surface area contributed by atoms with Gasteiger partial charge in [0.15, 0.2) is 0 Å². The molecule has 0 radical (unpaired) electrons. The van der Waals surface area contributed by atoms with E-state index in [9.17, 15) is 13.2 Å². The first-order valence-corrected chi connectivity index (χ1v) is 6.18. The van der Waals surface area contributed by atoms with Gasteiger partial charge in [0.05, 0.1) is 11.9 Å². The van der Waals surface area contributed by atoms with Crippen molar-refractivity contribution in [3.05, 3.63) is 18.1 Å². The largest absolute Gasteiger partial charge is 0.405 e. The Morgan fingerprint density at radius 1 is 1.32 bits per heavy atom. The molecule has 108 valence electrons. The van der Waals surface area contributed by atoms with Gasteiger partial charge in [-0.1, -0.05) is 6.92 Å². The molecule has 1 rings (SSSR count). The van der Waals surface area contributed by atoms with Crippen molar-refractivity contribution >= 4 is 5.82 Å². The number of nitrogens with one attached hydrogen (secondary N) is 1. The summed E-state index contributed by atoms with van der Waals surface area (Å²) in [6.45, 7) is 5.58. The van der Waals surface area contributed by atoms with E-state index in [-0.39, 0.29) is 11.9 Å². The Morgan fingerprint density at radius 2 is 2.00 bits per heavy atom. The minimum absolute atomic E-state index is 0.253. The van der Waals surface area contributed by atoms with Gasteiger partial charge >= 0.3 is 6.18 Å². The van der Waals surface area contributed by atoms with Crippen molar-refractivity contribution in [3.8, 4) is 0 Å². The van der Waals surface area contributed by atoms with Crippen molar-refractivity contribution in [1.82, 2.24) is 15.3 Å². The molecule has 0 aromatic carbocycles. The highest BCUT2D eigenvalue weighted by molar-refractivity contribution is 5.37. The van der Waals surface area contributed by atoms with E-state index in [1.807, 2.05) is 6.92 Å². The number of alkyl halides is 3. The summed E-state index contributed by atoms with van der Waals surface area (Å²) >= 11 is 0. The number of halogens is 3. The molecule has 19 heavy (non-hydrogen) atoms. The summed E-state index contributed by atoms with van der Waals surface area (Å²) in [6, 6.07) is -0.301. The number of anilines is 1. The van der Waals surface area contributed by atoms with Crippen LogP contribution in [0.25, 0.3) is 0 Å². The summed E-state index contributed by atoms with van der Waals surface area (Å²) in [4.78, 5) is 9.37. The molecule has 4 nitrogen and oxygen atoms in total. The number of nitrogens with zero attached hydrogens (tertiary/aromatic N) is 3. The van der Waals surface area contributed by atoms with Crippen molar-refractivity contribution in [1.29, 1.82) is 0 Å². The van der Waals surface area contributed by atoms with Crippen LogP contribution in [0.3, 0.4) is 0 Å². The molecule has 0 saturated heterocycles. The zero-order valence-electron chi connectivity index (χ0n) is 11.3. The monoisotopic (exact) mass is 276 g/mol. The Hall–Kier alpha value is -1.37. The summed E-state index contributed by atoms with van der Waals surface area (Å²) in [7, 11) is 0. The number of hydrogen-bond acceptors (Lipinski definition) is 4. The normalized spacial score (nSPS) is 11.9. The molecular weight excluding hydrogens is 257 g/mol. The van der Waals surface area contributed by atoms with Gasteiger partial charge < -0.3 is 10.2 Å². The second-order valence-electron chi connectivity index (χ2n) is 4.49. The molecule has 0 saturated carbocycles. The van der Waals surface area contributed by atoms with Gasteiger partial charge in [0.2, 0.25) is 0 Å². The van der Waals surface area contributed by atoms with E-state index in [2.05, 4.69) is 15.3 Å². The quantitative estimate of drug-likeness (QED) is 0.866. The van der Waals surface area contributed by atoms with Gasteiger partial charge in [-0.05, 0) is 20.4 Å². The van der Waals surface area contributed by atoms with E-state index in [1.165, 1.54) is 11.1 Å². The molecule has 1 heterocycles. The molecule has 0 unspecified atom stereocenters. The van der Waals surface area contributed by atoms with Crippen LogP contribution >= 0.6 is 0 Å². The van der Waals surface area contributed by atoms with E-state index < -0.39 is 12.7 Å². The van der Waals surface area contributed by atoms with Crippen LogP contribution in [-0.2, 0) is 6.54 Å². The maximum absolute atomic E-state index is 12.6. The van der Waals surface area contributed by atoms with Crippen LogP contribution in [0.2, 0.25) is 0 Å². The molecule has 0 bridgehead atoms. The molecule has 1 N–H and O–H groups in total. The highest BCUT2D eigenvalue weighted by Gasteiger charge is 2.32. The van der Waals surface area contributed by atoms with Crippen LogP contribution in [0.4, 0.5) is 19.0 Å². The van der Waals surface area contributed by atoms with Crippen LogP contribution < -0.4 is 10.2 Å². The lowest BCUT2D eigenvalue weighted by atomic mass is 10.3. The fraction of sp³-hybridized carbons (Fsp3) is 0.667. The number of aromatic nitrogens is 2. The van der Waals surface area contributed by atoms with Gasteiger partial charge in [-0.2, -0.15) is 13.2 Å². The molecule has 0 aliphatic rings. The first-order valence-electron chi connectivity index (χ1n) is 6.18. The van der Waals surface area contributed by atoms with Gasteiger partial charge in [-0.3, -0.25) is 4.98 Å². The minimum Gasteiger partial charge on any atom is -0.344 e. The van der Waals surface area contributed by atoms with Crippen molar-refractivity contribution in [2.24, 2.45) is 0 Å². The standard InChI is InChI=1S/C12H19F3N4/c1-4-16-5-10-6-17-7-11(18-10)19(9(2)3)8-12(13,14)15/h6-7,9,16H,4-5,8H2,1-3H3. The molecule has 1 aromatic heterocycles. The van der Waals surface area contributed by atoms with Gasteiger partial charge in [-0.25, -0.2) is 4.98 Å². The molecule has 0 amide bonds. The van der Waals surface area contributed by atoms with E-state index in [0.717, 1.165) is 6.54 Å². The smallest absolute Gasteiger partial charge is 0.344 e. The third-order valence-corrected chi connectivity index (χ3v) is 2.50. The molecule has 0 atom stereocenters. The predicted octanol–water partition coefficient (Wildman–Crippen LogP) is 2.36. The van der Waals surface area contributed by atoms with E-state index in [1.54, 1.807) is 20.0 Å². The number of rotatable bonds is 6. The van der Waals surface area contributed by atoms with Crippen molar-refractivity contribution < 1.29 is 13.2 Å². The zero-order valence-corrected chi connectivity index (χ0v) is 11.3. The molecule has 0 fully saturated rings. The van der Waals surface area contributed by atoms with Crippen LogP contribution in [-0.4, -0.2) is 35.3 Å². The summed E-state index contributed by atoms with van der Waals surface area (Å²) in [6.07, 6.45) is -1.34. The Kier molecular flexibility index (Phi) is 5.53. The van der Waals surface area contributed by atoms with Crippen LogP contribution in [0.15, 0.2) is 12.4 Å². The third kappa shape index (κ3) is 5.42. The lowest BCUT2D eigenvalue weighted by Gasteiger charge is -2.28. The van der Waals surface area contributed by atoms with Gasteiger partial charge in [0.25, 0.3) is 0 Å². The van der Waals surface area contributed by atoms with Crippen molar-refractivity contribution in [2.45, 2.75) is 39.5 Å². The SMILES string of the molecule is CCNCc1cncc(N(CC(F)(F)F)C(C)C)n1. The second-order valence-corrected chi connectivity index (χ2v) is 4.49. The summed E-state index contributed by atoms with van der Waals surface area (Å²) in [5, 5.41) is 3.06. The van der Waals surface area contributed by atoms with E-state index in [4.69, 9.17) is 0 Å². The highest BCUT2D eigenvalue weighted by Crippen LogP contribution is 2.22. The van der Waals surface area contributed by atoms with E-state index >= 15 is 0 Å². The molecular formula is C12H19F3N4. The van der Waals surface area contributed by atoms with Crippen LogP contribution in [0, 0.1) is 0 Å². The van der Waals surface area contributed by atoms with Gasteiger partial charge in [-0.15, -0.1) is 0 Å². The maximum Gasteiger partial charge on any atom is 0.405 e.